The van der Waals surface area contributed by atoms with Crippen molar-refractivity contribution in [1.29, 1.82) is 0 Å². The molecule has 0 saturated carbocycles. The van der Waals surface area contributed by atoms with E-state index in [9.17, 15) is 4.79 Å². The number of rotatable bonds is 6. The molecule has 3 rings (SSSR count). The van der Waals surface area contributed by atoms with E-state index in [0.717, 1.165) is 19.4 Å². The number of benzene rings is 1. The highest BCUT2D eigenvalue weighted by Gasteiger charge is 2.25. The Labute approximate surface area is 148 Å². The number of carbonyl (C=O) groups excluding carboxylic acids is 1. The van der Waals surface area contributed by atoms with Gasteiger partial charge in [-0.3, -0.25) is 4.68 Å². The van der Waals surface area contributed by atoms with Crippen molar-refractivity contribution in [2.24, 2.45) is 5.92 Å². The third-order valence-electron chi connectivity index (χ3n) is 4.46. The van der Waals surface area contributed by atoms with Crippen molar-refractivity contribution in [3.8, 4) is 0 Å². The first-order valence-corrected chi connectivity index (χ1v) is 8.89. The highest BCUT2D eigenvalue weighted by atomic mass is 16.5. The average molecular weight is 342 g/mol. The van der Waals surface area contributed by atoms with Gasteiger partial charge in [-0.05, 0) is 30.4 Å². The number of urea groups is 1. The van der Waals surface area contributed by atoms with Gasteiger partial charge in [0.15, 0.2) is 0 Å². The van der Waals surface area contributed by atoms with Gasteiger partial charge in [0, 0.05) is 38.1 Å². The number of nitrogens with zero attached hydrogens (tertiary/aromatic N) is 2. The lowest BCUT2D eigenvalue weighted by Gasteiger charge is -2.30. The Hall–Kier alpha value is -2.34. The molecule has 134 valence electrons. The molecule has 0 bridgehead atoms. The zero-order chi connectivity index (χ0) is 17.5. The van der Waals surface area contributed by atoms with Crippen LogP contribution in [0.1, 0.15) is 31.4 Å². The predicted octanol–water partition coefficient (Wildman–Crippen LogP) is 2.74. The van der Waals surface area contributed by atoms with Crippen molar-refractivity contribution < 1.29 is 9.53 Å². The van der Waals surface area contributed by atoms with Gasteiger partial charge in [0.05, 0.1) is 6.10 Å². The molecule has 0 radical (unpaired) electrons. The van der Waals surface area contributed by atoms with Crippen LogP contribution >= 0.6 is 0 Å². The van der Waals surface area contributed by atoms with Crippen LogP contribution in [-0.4, -0.2) is 35.0 Å². The number of hydrogen-bond donors (Lipinski definition) is 2. The van der Waals surface area contributed by atoms with E-state index in [4.69, 9.17) is 4.74 Å². The minimum atomic E-state index is -0.106. The minimum absolute atomic E-state index is 0.0546. The lowest BCUT2D eigenvalue weighted by molar-refractivity contribution is 0.00225. The number of aromatic nitrogens is 2. The highest BCUT2D eigenvalue weighted by molar-refractivity contribution is 5.74. The van der Waals surface area contributed by atoms with Crippen molar-refractivity contribution in [2.75, 3.05) is 13.2 Å². The fraction of sp³-hybridized carbons (Fsp3) is 0.474. The Morgan fingerprint density at radius 1 is 1.36 bits per heavy atom. The second-order valence-corrected chi connectivity index (χ2v) is 6.68. The van der Waals surface area contributed by atoms with E-state index in [1.54, 1.807) is 6.20 Å². The summed E-state index contributed by atoms with van der Waals surface area (Å²) in [5.41, 5.74) is 1.17. The van der Waals surface area contributed by atoms with Crippen LogP contribution in [0.2, 0.25) is 0 Å². The van der Waals surface area contributed by atoms with Crippen molar-refractivity contribution in [2.45, 2.75) is 38.5 Å². The lowest BCUT2D eigenvalue weighted by atomic mass is 9.97. The molecule has 1 aliphatic heterocycles. The van der Waals surface area contributed by atoms with Gasteiger partial charge in [-0.2, -0.15) is 5.10 Å². The Kier molecular flexibility index (Phi) is 6.06. The molecule has 2 amide bonds. The van der Waals surface area contributed by atoms with E-state index in [0.29, 0.717) is 19.1 Å². The van der Waals surface area contributed by atoms with Crippen molar-refractivity contribution >= 4 is 6.03 Å². The van der Waals surface area contributed by atoms with Crippen LogP contribution in [0.5, 0.6) is 0 Å². The maximum Gasteiger partial charge on any atom is 0.315 e. The second-order valence-electron chi connectivity index (χ2n) is 6.68. The van der Waals surface area contributed by atoms with Gasteiger partial charge >= 0.3 is 6.03 Å². The maximum absolute atomic E-state index is 12.2. The average Bonchev–Trinajstić information content (AvgIpc) is 3.14. The normalized spacial score (nSPS) is 21.5. The predicted molar refractivity (Wildman–Crippen MR) is 96.1 cm³/mol. The second kappa shape index (κ2) is 8.67. The molecule has 6 nitrogen and oxygen atoms in total. The van der Waals surface area contributed by atoms with Crippen LogP contribution in [0.15, 0.2) is 48.8 Å². The molecule has 3 atom stereocenters. The molecule has 0 spiro atoms. The summed E-state index contributed by atoms with van der Waals surface area (Å²) in [6, 6.07) is 12.1. The molecule has 1 saturated heterocycles. The van der Waals surface area contributed by atoms with Gasteiger partial charge in [-0.15, -0.1) is 0 Å². The first-order chi connectivity index (χ1) is 12.2. The summed E-state index contributed by atoms with van der Waals surface area (Å²) in [6.45, 7) is 4.18. The minimum Gasteiger partial charge on any atom is -0.373 e. The highest BCUT2D eigenvalue weighted by Crippen LogP contribution is 2.27. The van der Waals surface area contributed by atoms with E-state index < -0.39 is 0 Å². The van der Waals surface area contributed by atoms with E-state index in [-0.39, 0.29) is 18.2 Å². The van der Waals surface area contributed by atoms with Crippen LogP contribution in [0, 0.1) is 5.92 Å². The van der Waals surface area contributed by atoms with Gasteiger partial charge in [0.1, 0.15) is 0 Å². The molecule has 1 aromatic carbocycles. The molecule has 0 aliphatic carbocycles. The number of hydrogen-bond acceptors (Lipinski definition) is 3. The van der Waals surface area contributed by atoms with Crippen LogP contribution in [0.3, 0.4) is 0 Å². The summed E-state index contributed by atoms with van der Waals surface area (Å²) in [7, 11) is 0. The van der Waals surface area contributed by atoms with Crippen LogP contribution in [-0.2, 0) is 11.3 Å². The Morgan fingerprint density at radius 2 is 2.20 bits per heavy atom. The number of carbonyl (C=O) groups is 1. The molecule has 1 aliphatic rings. The molecule has 2 N–H and O–H groups in total. The van der Waals surface area contributed by atoms with E-state index in [2.05, 4.69) is 34.8 Å². The van der Waals surface area contributed by atoms with Gasteiger partial charge in [0.25, 0.3) is 0 Å². The Morgan fingerprint density at radius 3 is 2.96 bits per heavy atom. The van der Waals surface area contributed by atoms with Crippen molar-refractivity contribution in [1.82, 2.24) is 20.4 Å². The monoisotopic (exact) mass is 342 g/mol. The molecular weight excluding hydrogens is 316 g/mol. The molecule has 0 unspecified atom stereocenters. The molecule has 6 heteroatoms. The third-order valence-corrected chi connectivity index (χ3v) is 4.46. The molecule has 1 aromatic heterocycles. The molecule has 25 heavy (non-hydrogen) atoms. The van der Waals surface area contributed by atoms with E-state index >= 15 is 0 Å². The van der Waals surface area contributed by atoms with Crippen molar-refractivity contribution in [3.05, 3.63) is 54.4 Å². The van der Waals surface area contributed by atoms with Gasteiger partial charge < -0.3 is 15.4 Å². The fourth-order valence-corrected chi connectivity index (χ4v) is 3.12. The zero-order valence-corrected chi connectivity index (χ0v) is 14.6. The van der Waals surface area contributed by atoms with Crippen LogP contribution < -0.4 is 10.6 Å². The van der Waals surface area contributed by atoms with Crippen LogP contribution in [0.4, 0.5) is 4.79 Å². The summed E-state index contributed by atoms with van der Waals surface area (Å²) in [6.07, 6.45) is 5.41. The summed E-state index contributed by atoms with van der Waals surface area (Å²) in [4.78, 5) is 12.2. The summed E-state index contributed by atoms with van der Waals surface area (Å²) in [5, 5.41) is 10.2. The summed E-state index contributed by atoms with van der Waals surface area (Å²) < 4.78 is 7.73. The third kappa shape index (κ3) is 5.32. The number of nitrogens with one attached hydrogen (secondary N) is 2. The topological polar surface area (TPSA) is 68.2 Å². The molecule has 2 heterocycles. The van der Waals surface area contributed by atoms with Crippen LogP contribution in [0.25, 0.3) is 0 Å². The molecular formula is C19H26N4O2. The van der Waals surface area contributed by atoms with Gasteiger partial charge in [0.2, 0.25) is 0 Å². The maximum atomic E-state index is 12.2. The largest absolute Gasteiger partial charge is 0.373 e. The van der Waals surface area contributed by atoms with E-state index in [1.165, 1.54) is 5.56 Å². The zero-order valence-electron chi connectivity index (χ0n) is 14.6. The quantitative estimate of drug-likeness (QED) is 0.848. The number of amides is 2. The Balaban J connectivity index is 1.41. The number of ether oxygens (including phenoxy) is 1. The molecule has 1 fully saturated rings. The first kappa shape index (κ1) is 17.5. The van der Waals surface area contributed by atoms with Gasteiger partial charge in [-0.25, -0.2) is 4.79 Å². The Bertz CT molecular complexity index is 645. The summed E-state index contributed by atoms with van der Waals surface area (Å²) >= 11 is 0. The lowest BCUT2D eigenvalue weighted by Crippen LogP contribution is -2.46. The van der Waals surface area contributed by atoms with E-state index in [1.807, 2.05) is 35.1 Å². The van der Waals surface area contributed by atoms with Gasteiger partial charge in [-0.1, -0.05) is 37.3 Å². The summed E-state index contributed by atoms with van der Waals surface area (Å²) in [5.74, 6) is 0.317. The SMILES string of the molecule is C[C@H](CNC(=O)N[C@@H]1CCO[C@H](c2ccccc2)C1)Cn1cccn1. The molecule has 2 aromatic rings. The fourth-order valence-electron chi connectivity index (χ4n) is 3.12. The smallest absolute Gasteiger partial charge is 0.315 e. The van der Waals surface area contributed by atoms with Crippen molar-refractivity contribution in [3.63, 3.8) is 0 Å². The first-order valence-electron chi connectivity index (χ1n) is 8.89. The standard InChI is InChI=1S/C19H26N4O2/c1-15(14-23-10-5-9-21-23)13-20-19(24)22-17-8-11-25-18(12-17)16-6-3-2-4-7-16/h2-7,9-10,15,17-18H,8,11-14H2,1H3,(H2,20,22,24)/t15-,17-,18+/m1/s1.